The van der Waals surface area contributed by atoms with Gasteiger partial charge in [-0.1, -0.05) is 30.4 Å². The number of likely N-dealkylation sites (N-methyl/N-ethyl adjacent to an activating group) is 1. The van der Waals surface area contributed by atoms with Crippen molar-refractivity contribution in [3.05, 3.63) is 47.7 Å². The maximum absolute atomic E-state index is 5.97. The third kappa shape index (κ3) is 3.22. The molecule has 2 saturated heterocycles. The van der Waals surface area contributed by atoms with E-state index in [1.165, 1.54) is 43.0 Å². The van der Waals surface area contributed by atoms with Crippen LogP contribution >= 0.6 is 11.3 Å². The molecule has 2 atom stereocenters. The van der Waals surface area contributed by atoms with Crippen LogP contribution in [0, 0.1) is 6.92 Å². The summed E-state index contributed by atoms with van der Waals surface area (Å²) in [6.07, 6.45) is 3.15. The van der Waals surface area contributed by atoms with Crippen molar-refractivity contribution in [2.45, 2.75) is 38.9 Å². The first kappa shape index (κ1) is 17.1. The Balaban J connectivity index is 1.25. The van der Waals surface area contributed by atoms with Crippen LogP contribution in [0.3, 0.4) is 0 Å². The van der Waals surface area contributed by atoms with Crippen LogP contribution in [0.4, 0.5) is 0 Å². The molecule has 0 N–H and O–H groups in total. The minimum Gasteiger partial charge on any atom is -0.431 e. The average molecular weight is 381 g/mol. The molecule has 0 amide bonds. The molecule has 5 rings (SSSR count). The zero-order valence-corrected chi connectivity index (χ0v) is 16.6. The summed E-state index contributed by atoms with van der Waals surface area (Å²) in [5.74, 6) is 0.829. The summed E-state index contributed by atoms with van der Waals surface area (Å²) in [6, 6.07) is 11.9. The monoisotopic (exact) mass is 380 g/mol. The number of hydrogen-bond acceptors (Lipinski definition) is 6. The van der Waals surface area contributed by atoms with Gasteiger partial charge in [0.15, 0.2) is 0 Å². The lowest BCUT2D eigenvalue weighted by Crippen LogP contribution is -2.45. The van der Waals surface area contributed by atoms with Crippen molar-refractivity contribution in [2.75, 3.05) is 19.6 Å². The van der Waals surface area contributed by atoms with E-state index in [1.54, 1.807) is 0 Å². The van der Waals surface area contributed by atoms with Crippen molar-refractivity contribution in [3.63, 3.8) is 0 Å². The number of ether oxygens (including phenoxy) is 1. The van der Waals surface area contributed by atoms with E-state index in [2.05, 4.69) is 38.8 Å². The van der Waals surface area contributed by atoms with E-state index in [0.717, 1.165) is 40.3 Å². The molecular weight excluding hydrogens is 356 g/mol. The molecule has 0 saturated carbocycles. The highest BCUT2D eigenvalue weighted by molar-refractivity contribution is 7.19. The van der Waals surface area contributed by atoms with Crippen molar-refractivity contribution < 1.29 is 4.74 Å². The molecule has 0 spiro atoms. The zero-order chi connectivity index (χ0) is 18.4. The van der Waals surface area contributed by atoms with Gasteiger partial charge in [-0.05, 0) is 49.2 Å². The molecule has 5 nitrogen and oxygen atoms in total. The van der Waals surface area contributed by atoms with Gasteiger partial charge >= 0.3 is 0 Å². The van der Waals surface area contributed by atoms with Gasteiger partial charge in [0, 0.05) is 37.9 Å². The normalized spacial score (nSPS) is 22.7. The molecule has 2 bridgehead atoms. The van der Waals surface area contributed by atoms with Crippen LogP contribution in [0.5, 0.6) is 10.9 Å². The highest BCUT2D eigenvalue weighted by atomic mass is 32.1. The molecule has 0 radical (unpaired) electrons. The van der Waals surface area contributed by atoms with E-state index in [-0.39, 0.29) is 0 Å². The third-order valence-corrected chi connectivity index (χ3v) is 6.71. The minimum atomic E-state index is 0.649. The maximum atomic E-state index is 5.97. The Morgan fingerprint density at radius 1 is 1.11 bits per heavy atom. The SMILES string of the molecule is CCN1C[C@@H]2C[C@H]1CN2Cc1ccc(Oc2nc3c(C)ccnc3s2)cc1. The van der Waals surface area contributed by atoms with Crippen LogP contribution in [-0.4, -0.2) is 51.5 Å². The van der Waals surface area contributed by atoms with Crippen molar-refractivity contribution in [2.24, 2.45) is 0 Å². The molecule has 3 aromatic rings. The van der Waals surface area contributed by atoms with Crippen LogP contribution in [0.15, 0.2) is 36.5 Å². The first-order valence-electron chi connectivity index (χ1n) is 9.66. The molecule has 6 heteroatoms. The van der Waals surface area contributed by atoms with Crippen LogP contribution in [0.1, 0.15) is 24.5 Å². The number of nitrogens with zero attached hydrogens (tertiary/aromatic N) is 4. The van der Waals surface area contributed by atoms with E-state index < -0.39 is 0 Å². The van der Waals surface area contributed by atoms with E-state index in [0.29, 0.717) is 5.19 Å². The van der Waals surface area contributed by atoms with E-state index >= 15 is 0 Å². The fourth-order valence-corrected chi connectivity index (χ4v) is 5.24. The minimum absolute atomic E-state index is 0.649. The van der Waals surface area contributed by atoms with Gasteiger partial charge in [0.25, 0.3) is 5.19 Å². The van der Waals surface area contributed by atoms with Crippen LogP contribution in [0.2, 0.25) is 0 Å². The topological polar surface area (TPSA) is 41.5 Å². The van der Waals surface area contributed by atoms with Crippen molar-refractivity contribution in [1.29, 1.82) is 0 Å². The quantitative estimate of drug-likeness (QED) is 0.667. The van der Waals surface area contributed by atoms with Crippen molar-refractivity contribution in [1.82, 2.24) is 19.8 Å². The summed E-state index contributed by atoms with van der Waals surface area (Å²) in [5, 5.41) is 0.649. The summed E-state index contributed by atoms with van der Waals surface area (Å²) >= 11 is 1.49. The number of aryl methyl sites for hydroxylation is 1. The molecule has 140 valence electrons. The second-order valence-electron chi connectivity index (χ2n) is 7.57. The zero-order valence-electron chi connectivity index (χ0n) is 15.8. The smallest absolute Gasteiger partial charge is 0.281 e. The average Bonchev–Trinajstić information content (AvgIpc) is 3.37. The van der Waals surface area contributed by atoms with E-state index in [1.807, 2.05) is 31.3 Å². The molecular formula is C21H24N4OS. The predicted molar refractivity (Wildman–Crippen MR) is 109 cm³/mol. The molecule has 2 aliphatic rings. The first-order valence-corrected chi connectivity index (χ1v) is 10.5. The number of pyridine rings is 1. The summed E-state index contributed by atoms with van der Waals surface area (Å²) in [4.78, 5) is 15.1. The fraction of sp³-hybridized carbons (Fsp3) is 0.429. The van der Waals surface area contributed by atoms with Gasteiger partial charge in [-0.3, -0.25) is 9.80 Å². The second-order valence-corrected chi connectivity index (χ2v) is 8.51. The molecule has 4 heterocycles. The summed E-state index contributed by atoms with van der Waals surface area (Å²) in [7, 11) is 0. The number of rotatable bonds is 5. The Bertz CT molecular complexity index is 954. The van der Waals surface area contributed by atoms with Gasteiger partial charge in [-0.25, -0.2) is 9.97 Å². The standard InChI is InChI=1S/C21H24N4OS/c1-3-24-12-17-10-16(24)13-25(17)11-15-4-6-18(7-5-15)26-21-23-19-14(2)8-9-22-20(19)27-21/h4-9,16-17H,3,10-13H2,1-2H3/t16-,17-/m0/s1. The maximum Gasteiger partial charge on any atom is 0.281 e. The lowest BCUT2D eigenvalue weighted by molar-refractivity contribution is 0.127. The molecule has 2 fully saturated rings. The molecule has 2 aromatic heterocycles. The van der Waals surface area contributed by atoms with Gasteiger partial charge in [-0.2, -0.15) is 0 Å². The largest absolute Gasteiger partial charge is 0.431 e. The number of aromatic nitrogens is 2. The fourth-order valence-electron chi connectivity index (χ4n) is 4.39. The number of thiazole rings is 1. The highest BCUT2D eigenvalue weighted by Gasteiger charge is 2.41. The predicted octanol–water partition coefficient (Wildman–Crippen LogP) is 4.07. The number of fused-ring (bicyclic) bond motifs is 3. The highest BCUT2D eigenvalue weighted by Crippen LogP contribution is 2.33. The summed E-state index contributed by atoms with van der Waals surface area (Å²) < 4.78 is 5.97. The van der Waals surface area contributed by atoms with Crippen LogP contribution in [0.25, 0.3) is 10.3 Å². The van der Waals surface area contributed by atoms with E-state index in [9.17, 15) is 0 Å². The van der Waals surface area contributed by atoms with Crippen molar-refractivity contribution >= 4 is 21.7 Å². The molecule has 0 aliphatic carbocycles. The van der Waals surface area contributed by atoms with Gasteiger partial charge in [0.05, 0.1) is 0 Å². The number of piperazine rings is 1. The number of benzene rings is 1. The number of hydrogen-bond donors (Lipinski definition) is 0. The first-order chi connectivity index (χ1) is 13.2. The number of likely N-dealkylation sites (tertiary alicyclic amines) is 2. The lowest BCUT2D eigenvalue weighted by Gasteiger charge is -2.33. The van der Waals surface area contributed by atoms with Gasteiger partial charge in [-0.15, -0.1) is 0 Å². The van der Waals surface area contributed by atoms with Gasteiger partial charge < -0.3 is 4.74 Å². The van der Waals surface area contributed by atoms with Crippen LogP contribution in [-0.2, 0) is 6.54 Å². The Kier molecular flexibility index (Phi) is 4.34. The Labute approximate surface area is 163 Å². The molecule has 0 unspecified atom stereocenters. The third-order valence-electron chi connectivity index (χ3n) is 5.87. The lowest BCUT2D eigenvalue weighted by atomic mass is 10.2. The Morgan fingerprint density at radius 2 is 1.89 bits per heavy atom. The van der Waals surface area contributed by atoms with Gasteiger partial charge in [0.1, 0.15) is 16.1 Å². The molecule has 1 aromatic carbocycles. The summed E-state index contributed by atoms with van der Waals surface area (Å²) in [5.41, 5.74) is 3.40. The van der Waals surface area contributed by atoms with Crippen LogP contribution < -0.4 is 4.74 Å². The Hall–Kier alpha value is -2.02. The Morgan fingerprint density at radius 3 is 2.59 bits per heavy atom. The van der Waals surface area contributed by atoms with E-state index in [4.69, 9.17) is 4.74 Å². The van der Waals surface area contributed by atoms with Crippen molar-refractivity contribution in [3.8, 4) is 10.9 Å². The molecule has 27 heavy (non-hydrogen) atoms. The summed E-state index contributed by atoms with van der Waals surface area (Å²) in [6.45, 7) is 8.97. The second kappa shape index (κ2) is 6.86. The molecule has 2 aliphatic heterocycles. The van der Waals surface area contributed by atoms with Gasteiger partial charge in [0.2, 0.25) is 0 Å².